The standard InChI is InChI=1S/C8H15BrN2O2/c1-4(2)6(9)8(13)11-5(3)7(10)12/h4-6H,1-3H3,(H2,10,12)(H,11,13). The molecule has 0 rings (SSSR count). The fourth-order valence-electron chi connectivity index (χ4n) is 0.667. The van der Waals surface area contributed by atoms with Gasteiger partial charge in [0.15, 0.2) is 0 Å². The maximum Gasteiger partial charge on any atom is 0.239 e. The normalized spacial score (nSPS) is 15.2. The molecule has 0 spiro atoms. The summed E-state index contributed by atoms with van der Waals surface area (Å²) >= 11 is 3.22. The van der Waals surface area contributed by atoms with Gasteiger partial charge >= 0.3 is 0 Å². The molecule has 0 bridgehead atoms. The van der Waals surface area contributed by atoms with E-state index < -0.39 is 11.9 Å². The summed E-state index contributed by atoms with van der Waals surface area (Å²) in [4.78, 5) is 21.7. The Kier molecular flexibility index (Phi) is 4.98. The Hall–Kier alpha value is -0.580. The lowest BCUT2D eigenvalue weighted by molar-refractivity contribution is -0.126. The number of nitrogens with one attached hydrogen (secondary N) is 1. The SMILES string of the molecule is CC(NC(=O)C(Br)C(C)C)C(N)=O. The first kappa shape index (κ1) is 12.4. The summed E-state index contributed by atoms with van der Waals surface area (Å²) in [7, 11) is 0. The quantitative estimate of drug-likeness (QED) is 0.709. The molecule has 0 aromatic carbocycles. The molecule has 4 nitrogen and oxygen atoms in total. The summed E-state index contributed by atoms with van der Waals surface area (Å²) in [6, 6.07) is -0.619. The fraction of sp³-hybridized carbons (Fsp3) is 0.750. The molecule has 76 valence electrons. The predicted molar refractivity (Wildman–Crippen MR) is 54.4 cm³/mol. The first-order chi connectivity index (χ1) is 5.86. The van der Waals surface area contributed by atoms with Crippen molar-refractivity contribution in [2.24, 2.45) is 11.7 Å². The monoisotopic (exact) mass is 250 g/mol. The number of amides is 2. The van der Waals surface area contributed by atoms with Crippen LogP contribution in [0, 0.1) is 5.92 Å². The molecule has 0 saturated carbocycles. The van der Waals surface area contributed by atoms with Gasteiger partial charge in [0, 0.05) is 0 Å². The molecule has 0 saturated heterocycles. The summed E-state index contributed by atoms with van der Waals surface area (Å²) in [6.45, 7) is 5.38. The molecular weight excluding hydrogens is 236 g/mol. The minimum atomic E-state index is -0.619. The number of carbonyl (C=O) groups is 2. The highest BCUT2D eigenvalue weighted by Crippen LogP contribution is 2.11. The number of halogens is 1. The van der Waals surface area contributed by atoms with Gasteiger partial charge in [0.2, 0.25) is 11.8 Å². The van der Waals surface area contributed by atoms with E-state index in [1.54, 1.807) is 6.92 Å². The van der Waals surface area contributed by atoms with E-state index in [4.69, 9.17) is 5.73 Å². The van der Waals surface area contributed by atoms with Crippen molar-refractivity contribution in [2.45, 2.75) is 31.6 Å². The zero-order valence-corrected chi connectivity index (χ0v) is 9.59. The minimum absolute atomic E-state index is 0.181. The van der Waals surface area contributed by atoms with Gasteiger partial charge in [-0.1, -0.05) is 29.8 Å². The average molecular weight is 251 g/mol. The van der Waals surface area contributed by atoms with Gasteiger partial charge in [0.25, 0.3) is 0 Å². The number of rotatable bonds is 4. The summed E-state index contributed by atoms with van der Waals surface area (Å²) in [6.07, 6.45) is 0. The van der Waals surface area contributed by atoms with Crippen molar-refractivity contribution < 1.29 is 9.59 Å². The number of alkyl halides is 1. The van der Waals surface area contributed by atoms with Gasteiger partial charge in [-0.05, 0) is 12.8 Å². The molecule has 2 unspecified atom stereocenters. The second kappa shape index (κ2) is 5.21. The number of nitrogens with two attached hydrogens (primary N) is 1. The third-order valence-electron chi connectivity index (χ3n) is 1.62. The Morgan fingerprint density at radius 1 is 1.31 bits per heavy atom. The van der Waals surface area contributed by atoms with E-state index in [9.17, 15) is 9.59 Å². The second-order valence-corrected chi connectivity index (χ2v) is 4.26. The van der Waals surface area contributed by atoms with Gasteiger partial charge in [-0.15, -0.1) is 0 Å². The Morgan fingerprint density at radius 3 is 2.08 bits per heavy atom. The highest BCUT2D eigenvalue weighted by molar-refractivity contribution is 9.10. The van der Waals surface area contributed by atoms with Gasteiger partial charge in [0.05, 0.1) is 4.83 Å². The zero-order valence-electron chi connectivity index (χ0n) is 8.00. The molecular formula is C8H15BrN2O2. The molecule has 2 amide bonds. The van der Waals surface area contributed by atoms with Crippen LogP contribution in [0.15, 0.2) is 0 Å². The van der Waals surface area contributed by atoms with Crippen molar-refractivity contribution in [3.63, 3.8) is 0 Å². The van der Waals surface area contributed by atoms with Crippen LogP contribution >= 0.6 is 15.9 Å². The molecule has 2 atom stereocenters. The second-order valence-electron chi connectivity index (χ2n) is 3.28. The molecule has 0 heterocycles. The summed E-state index contributed by atoms with van der Waals surface area (Å²) in [5.74, 6) is -0.557. The zero-order chi connectivity index (χ0) is 10.6. The van der Waals surface area contributed by atoms with Crippen molar-refractivity contribution in [2.75, 3.05) is 0 Å². The molecule has 0 fully saturated rings. The summed E-state index contributed by atoms with van der Waals surface area (Å²) in [5, 5.41) is 2.50. The van der Waals surface area contributed by atoms with Crippen LogP contribution in [0.2, 0.25) is 0 Å². The lowest BCUT2D eigenvalue weighted by Crippen LogP contribution is -2.46. The van der Waals surface area contributed by atoms with Crippen LogP contribution in [0.4, 0.5) is 0 Å². The van der Waals surface area contributed by atoms with Crippen molar-refractivity contribution >= 4 is 27.7 Å². The minimum Gasteiger partial charge on any atom is -0.368 e. The largest absolute Gasteiger partial charge is 0.368 e. The Bertz CT molecular complexity index is 206. The summed E-state index contributed by atoms with van der Waals surface area (Å²) < 4.78 is 0. The van der Waals surface area contributed by atoms with E-state index >= 15 is 0 Å². The number of hydrogen-bond donors (Lipinski definition) is 2. The van der Waals surface area contributed by atoms with Crippen LogP contribution in [0.1, 0.15) is 20.8 Å². The molecule has 0 aliphatic heterocycles. The van der Waals surface area contributed by atoms with Crippen LogP contribution in [0.5, 0.6) is 0 Å². The highest BCUT2D eigenvalue weighted by Gasteiger charge is 2.21. The molecule has 3 N–H and O–H groups in total. The van der Waals surface area contributed by atoms with Crippen molar-refractivity contribution in [1.82, 2.24) is 5.32 Å². The molecule has 0 aromatic rings. The van der Waals surface area contributed by atoms with Crippen LogP contribution in [-0.4, -0.2) is 22.7 Å². The average Bonchev–Trinajstić information content (AvgIpc) is 2.02. The van der Waals surface area contributed by atoms with Crippen LogP contribution < -0.4 is 11.1 Å². The van der Waals surface area contributed by atoms with E-state index in [0.29, 0.717) is 0 Å². The third-order valence-corrected chi connectivity index (χ3v) is 3.09. The number of carbonyl (C=O) groups excluding carboxylic acids is 2. The maximum absolute atomic E-state index is 11.3. The van der Waals surface area contributed by atoms with Gasteiger partial charge in [-0.25, -0.2) is 0 Å². The van der Waals surface area contributed by atoms with E-state index in [1.165, 1.54) is 0 Å². The van der Waals surface area contributed by atoms with Gasteiger partial charge in [-0.2, -0.15) is 0 Å². The van der Waals surface area contributed by atoms with Gasteiger partial charge in [0.1, 0.15) is 6.04 Å². The summed E-state index contributed by atoms with van der Waals surface area (Å²) in [5.41, 5.74) is 4.99. The molecule has 0 radical (unpaired) electrons. The highest BCUT2D eigenvalue weighted by atomic mass is 79.9. The smallest absolute Gasteiger partial charge is 0.239 e. The molecule has 0 aliphatic carbocycles. The molecule has 0 aliphatic rings. The first-order valence-corrected chi connectivity index (χ1v) is 5.01. The Labute approximate surface area is 86.4 Å². The van der Waals surface area contributed by atoms with Crippen LogP contribution in [-0.2, 0) is 9.59 Å². The lowest BCUT2D eigenvalue weighted by Gasteiger charge is -2.16. The number of hydrogen-bond acceptors (Lipinski definition) is 2. The van der Waals surface area contributed by atoms with Crippen molar-refractivity contribution in [3.8, 4) is 0 Å². The van der Waals surface area contributed by atoms with Crippen LogP contribution in [0.3, 0.4) is 0 Å². The van der Waals surface area contributed by atoms with E-state index in [-0.39, 0.29) is 16.7 Å². The van der Waals surface area contributed by atoms with E-state index in [0.717, 1.165) is 0 Å². The Balaban J connectivity index is 4.08. The molecule has 13 heavy (non-hydrogen) atoms. The lowest BCUT2D eigenvalue weighted by atomic mass is 10.1. The Morgan fingerprint density at radius 2 is 1.77 bits per heavy atom. The van der Waals surface area contributed by atoms with E-state index in [2.05, 4.69) is 21.2 Å². The van der Waals surface area contributed by atoms with E-state index in [1.807, 2.05) is 13.8 Å². The maximum atomic E-state index is 11.3. The van der Waals surface area contributed by atoms with Crippen molar-refractivity contribution in [1.29, 1.82) is 0 Å². The molecule has 0 aromatic heterocycles. The van der Waals surface area contributed by atoms with Gasteiger partial charge in [-0.3, -0.25) is 9.59 Å². The first-order valence-electron chi connectivity index (χ1n) is 4.10. The van der Waals surface area contributed by atoms with Gasteiger partial charge < -0.3 is 11.1 Å². The fourth-order valence-corrected chi connectivity index (χ4v) is 0.799. The topological polar surface area (TPSA) is 72.2 Å². The van der Waals surface area contributed by atoms with Crippen LogP contribution in [0.25, 0.3) is 0 Å². The van der Waals surface area contributed by atoms with Crippen molar-refractivity contribution in [3.05, 3.63) is 0 Å². The third kappa shape index (κ3) is 4.26. The predicted octanol–water partition coefficient (Wildman–Crippen LogP) is 0.396. The molecule has 5 heteroatoms. The number of primary amides is 1.